The number of nitrogens with one attached hydrogen (secondary N) is 1. The summed E-state index contributed by atoms with van der Waals surface area (Å²) in [5, 5.41) is 4.03. The summed E-state index contributed by atoms with van der Waals surface area (Å²) in [7, 11) is 1.65. The van der Waals surface area contributed by atoms with Crippen molar-refractivity contribution in [3.63, 3.8) is 0 Å². The van der Waals surface area contributed by atoms with Crippen molar-refractivity contribution in [1.29, 1.82) is 0 Å². The molecule has 0 bridgehead atoms. The number of hydrogen-bond acceptors (Lipinski definition) is 5. The van der Waals surface area contributed by atoms with E-state index in [9.17, 15) is 4.79 Å². The molecule has 1 atom stereocenters. The van der Waals surface area contributed by atoms with E-state index in [1.54, 1.807) is 11.7 Å². The molecule has 1 aromatic heterocycles. The summed E-state index contributed by atoms with van der Waals surface area (Å²) < 4.78 is 6.96. The van der Waals surface area contributed by atoms with Crippen molar-refractivity contribution in [2.45, 2.75) is 19.5 Å². The Morgan fingerprint density at radius 1 is 1.30 bits per heavy atom. The van der Waals surface area contributed by atoms with Crippen molar-refractivity contribution in [3.05, 3.63) is 40.4 Å². The molecule has 1 fully saturated rings. The zero-order chi connectivity index (χ0) is 16.2. The van der Waals surface area contributed by atoms with Gasteiger partial charge in [0.25, 0.3) is 5.56 Å². The Kier molecular flexibility index (Phi) is 5.05. The number of benzene rings is 1. The maximum atomic E-state index is 12.9. The Labute approximate surface area is 136 Å². The van der Waals surface area contributed by atoms with Crippen molar-refractivity contribution in [3.8, 4) is 0 Å². The highest BCUT2D eigenvalue weighted by molar-refractivity contribution is 5.77. The average molecular weight is 316 g/mol. The maximum absolute atomic E-state index is 12.9. The number of ether oxygens (including phenoxy) is 1. The summed E-state index contributed by atoms with van der Waals surface area (Å²) in [5.41, 5.74) is 0.785. The van der Waals surface area contributed by atoms with Gasteiger partial charge in [0, 0.05) is 33.3 Å². The molecule has 3 rings (SSSR count). The minimum atomic E-state index is 0.0182. The molecule has 1 aromatic carbocycles. The van der Waals surface area contributed by atoms with Crippen molar-refractivity contribution in [2.24, 2.45) is 0 Å². The van der Waals surface area contributed by atoms with Gasteiger partial charge in [-0.05, 0) is 19.1 Å². The van der Waals surface area contributed by atoms with Gasteiger partial charge in [0.15, 0.2) is 0 Å². The molecule has 2 heterocycles. The van der Waals surface area contributed by atoms with Crippen LogP contribution in [0.3, 0.4) is 0 Å². The fourth-order valence-electron chi connectivity index (χ4n) is 3.14. The molecule has 1 aliphatic heterocycles. The minimum absolute atomic E-state index is 0.0182. The number of fused-ring (bicyclic) bond motifs is 1. The summed E-state index contributed by atoms with van der Waals surface area (Å²) in [6, 6.07) is 7.66. The van der Waals surface area contributed by atoms with E-state index in [0.717, 1.165) is 37.5 Å². The third-order valence-electron chi connectivity index (χ3n) is 4.48. The molecule has 23 heavy (non-hydrogen) atoms. The van der Waals surface area contributed by atoms with E-state index >= 15 is 0 Å². The van der Waals surface area contributed by atoms with Gasteiger partial charge in [0.2, 0.25) is 0 Å². The van der Waals surface area contributed by atoms with Crippen LogP contribution in [0.2, 0.25) is 0 Å². The van der Waals surface area contributed by atoms with Gasteiger partial charge in [-0.25, -0.2) is 4.98 Å². The SMILES string of the molecule is COCCn1c(C(C)N2CCNCC2)nc2ccccc2c1=O. The van der Waals surface area contributed by atoms with Gasteiger partial charge in [-0.3, -0.25) is 14.3 Å². The van der Waals surface area contributed by atoms with Crippen LogP contribution in [0.15, 0.2) is 29.1 Å². The van der Waals surface area contributed by atoms with Crippen LogP contribution in [0, 0.1) is 0 Å². The van der Waals surface area contributed by atoms with E-state index in [1.165, 1.54) is 0 Å². The Hall–Kier alpha value is -1.76. The molecule has 1 N–H and O–H groups in total. The second-order valence-electron chi connectivity index (χ2n) is 5.90. The quantitative estimate of drug-likeness (QED) is 0.892. The fourth-order valence-corrected chi connectivity index (χ4v) is 3.14. The zero-order valence-corrected chi connectivity index (χ0v) is 13.8. The van der Waals surface area contributed by atoms with Gasteiger partial charge in [-0.15, -0.1) is 0 Å². The van der Waals surface area contributed by atoms with Crippen molar-refractivity contribution >= 4 is 10.9 Å². The van der Waals surface area contributed by atoms with E-state index in [1.807, 2.05) is 24.3 Å². The smallest absolute Gasteiger partial charge is 0.261 e. The predicted octanol–water partition coefficient (Wildman–Crippen LogP) is 1.01. The summed E-state index contributed by atoms with van der Waals surface area (Å²) in [5.74, 6) is 0.827. The number of nitrogens with zero attached hydrogens (tertiary/aromatic N) is 3. The molecule has 6 nitrogen and oxygen atoms in total. The van der Waals surface area contributed by atoms with Gasteiger partial charge in [-0.2, -0.15) is 0 Å². The lowest BCUT2D eigenvalue weighted by molar-refractivity contribution is 0.162. The lowest BCUT2D eigenvalue weighted by Gasteiger charge is -2.33. The molecule has 0 amide bonds. The summed E-state index contributed by atoms with van der Waals surface area (Å²) in [6.07, 6.45) is 0. The van der Waals surface area contributed by atoms with Gasteiger partial charge >= 0.3 is 0 Å². The third kappa shape index (κ3) is 3.29. The Bertz CT molecular complexity index is 722. The number of methoxy groups -OCH3 is 1. The second-order valence-corrected chi connectivity index (χ2v) is 5.90. The first-order chi connectivity index (χ1) is 11.2. The molecule has 0 saturated carbocycles. The van der Waals surface area contributed by atoms with Crippen LogP contribution in [-0.4, -0.2) is 54.3 Å². The summed E-state index contributed by atoms with van der Waals surface area (Å²) >= 11 is 0. The number of aromatic nitrogens is 2. The average Bonchev–Trinajstić information content (AvgIpc) is 2.61. The van der Waals surface area contributed by atoms with Crippen molar-refractivity contribution in [2.75, 3.05) is 39.9 Å². The Morgan fingerprint density at radius 3 is 2.78 bits per heavy atom. The number of para-hydroxylation sites is 1. The molecule has 2 aromatic rings. The van der Waals surface area contributed by atoms with Crippen LogP contribution in [0.5, 0.6) is 0 Å². The third-order valence-corrected chi connectivity index (χ3v) is 4.48. The largest absolute Gasteiger partial charge is 0.383 e. The highest BCUT2D eigenvalue weighted by atomic mass is 16.5. The summed E-state index contributed by atoms with van der Waals surface area (Å²) in [6.45, 7) is 7.04. The zero-order valence-electron chi connectivity index (χ0n) is 13.8. The van der Waals surface area contributed by atoms with E-state index in [4.69, 9.17) is 9.72 Å². The van der Waals surface area contributed by atoms with Gasteiger partial charge in [0.05, 0.1) is 30.1 Å². The maximum Gasteiger partial charge on any atom is 0.261 e. The molecule has 1 aliphatic rings. The lowest BCUT2D eigenvalue weighted by atomic mass is 10.2. The number of rotatable bonds is 5. The first-order valence-corrected chi connectivity index (χ1v) is 8.15. The highest BCUT2D eigenvalue weighted by Crippen LogP contribution is 2.20. The van der Waals surface area contributed by atoms with Crippen molar-refractivity contribution < 1.29 is 4.74 Å². The normalized spacial score (nSPS) is 17.5. The standard InChI is InChI=1S/C17H24N4O2/c1-13(20-9-7-18-8-10-20)16-19-15-6-4-3-5-14(15)17(22)21(16)11-12-23-2/h3-6,13,18H,7-12H2,1-2H3. The van der Waals surface area contributed by atoms with Crippen molar-refractivity contribution in [1.82, 2.24) is 19.8 Å². The van der Waals surface area contributed by atoms with Crippen LogP contribution >= 0.6 is 0 Å². The monoisotopic (exact) mass is 316 g/mol. The number of piperazine rings is 1. The molecule has 6 heteroatoms. The van der Waals surface area contributed by atoms with E-state index < -0.39 is 0 Å². The predicted molar refractivity (Wildman–Crippen MR) is 90.7 cm³/mol. The van der Waals surface area contributed by atoms with Gasteiger partial charge in [0.1, 0.15) is 5.82 Å². The Balaban J connectivity index is 2.07. The minimum Gasteiger partial charge on any atom is -0.383 e. The molecule has 1 unspecified atom stereocenters. The van der Waals surface area contributed by atoms with Gasteiger partial charge < -0.3 is 10.1 Å². The molecule has 0 spiro atoms. The molecular weight excluding hydrogens is 292 g/mol. The molecular formula is C17H24N4O2. The van der Waals surface area contributed by atoms with Crippen LogP contribution in [0.1, 0.15) is 18.8 Å². The Morgan fingerprint density at radius 2 is 2.04 bits per heavy atom. The first kappa shape index (κ1) is 16.1. The van der Waals surface area contributed by atoms with E-state index in [-0.39, 0.29) is 11.6 Å². The van der Waals surface area contributed by atoms with Crippen LogP contribution in [0.4, 0.5) is 0 Å². The first-order valence-electron chi connectivity index (χ1n) is 8.15. The number of hydrogen-bond donors (Lipinski definition) is 1. The molecule has 124 valence electrons. The van der Waals surface area contributed by atoms with Crippen LogP contribution < -0.4 is 10.9 Å². The highest BCUT2D eigenvalue weighted by Gasteiger charge is 2.23. The van der Waals surface area contributed by atoms with Gasteiger partial charge in [-0.1, -0.05) is 12.1 Å². The molecule has 0 aliphatic carbocycles. The lowest BCUT2D eigenvalue weighted by Crippen LogP contribution is -2.45. The molecule has 0 radical (unpaired) electrons. The van der Waals surface area contributed by atoms with Crippen LogP contribution in [-0.2, 0) is 11.3 Å². The molecule has 1 saturated heterocycles. The van der Waals surface area contributed by atoms with E-state index in [2.05, 4.69) is 17.1 Å². The topological polar surface area (TPSA) is 59.4 Å². The summed E-state index contributed by atoms with van der Waals surface area (Å²) in [4.78, 5) is 20.1. The second kappa shape index (κ2) is 7.21. The fraction of sp³-hybridized carbons (Fsp3) is 0.529. The van der Waals surface area contributed by atoms with E-state index in [0.29, 0.717) is 18.5 Å². The van der Waals surface area contributed by atoms with Crippen LogP contribution in [0.25, 0.3) is 10.9 Å².